The molecule has 4 heterocycles. The number of hydrogen-bond acceptors (Lipinski definition) is 7. The van der Waals surface area contributed by atoms with Crippen molar-refractivity contribution in [2.75, 3.05) is 25.1 Å². The fourth-order valence-electron chi connectivity index (χ4n) is 4.38. The minimum Gasteiger partial charge on any atom is -0.496 e. The Labute approximate surface area is 200 Å². The first-order valence-corrected chi connectivity index (χ1v) is 11.3. The molecular formula is C25H22ClN5O3. The van der Waals surface area contributed by atoms with Crippen LogP contribution in [0, 0.1) is 11.3 Å². The highest BCUT2D eigenvalue weighted by atomic mass is 35.5. The number of nitriles is 1. The van der Waals surface area contributed by atoms with Gasteiger partial charge in [-0.3, -0.25) is 4.79 Å². The summed E-state index contributed by atoms with van der Waals surface area (Å²) in [5, 5.41) is 10.8. The molecule has 9 heteroatoms. The first-order valence-electron chi connectivity index (χ1n) is 10.9. The van der Waals surface area contributed by atoms with Crippen molar-refractivity contribution in [1.29, 1.82) is 5.26 Å². The van der Waals surface area contributed by atoms with Gasteiger partial charge in [0.05, 0.1) is 23.8 Å². The van der Waals surface area contributed by atoms with Gasteiger partial charge in [-0.05, 0) is 30.3 Å². The second kappa shape index (κ2) is 8.84. The van der Waals surface area contributed by atoms with Crippen LogP contribution in [0.2, 0.25) is 5.02 Å². The normalized spacial score (nSPS) is 14.4. The van der Waals surface area contributed by atoms with Crippen molar-refractivity contribution in [3.63, 3.8) is 0 Å². The lowest BCUT2D eigenvalue weighted by molar-refractivity contribution is 0.164. The average molecular weight is 476 g/mol. The van der Waals surface area contributed by atoms with Crippen LogP contribution in [0.3, 0.4) is 0 Å². The summed E-state index contributed by atoms with van der Waals surface area (Å²) in [5.74, 6) is 1.17. The number of aryl methyl sites for hydroxylation is 1. The zero-order chi connectivity index (χ0) is 23.8. The molecule has 1 aliphatic rings. The fourth-order valence-corrected chi connectivity index (χ4v) is 4.54. The number of pyridine rings is 3. The molecular weight excluding hydrogens is 454 g/mol. The van der Waals surface area contributed by atoms with E-state index in [1.54, 1.807) is 55.1 Å². The predicted octanol–water partition coefficient (Wildman–Crippen LogP) is 4.06. The summed E-state index contributed by atoms with van der Waals surface area (Å²) in [5.41, 5.74) is 3.02. The van der Waals surface area contributed by atoms with Crippen LogP contribution in [0.25, 0.3) is 21.9 Å². The number of benzene rings is 1. The van der Waals surface area contributed by atoms with Gasteiger partial charge in [-0.15, -0.1) is 0 Å². The van der Waals surface area contributed by atoms with E-state index in [-0.39, 0.29) is 11.7 Å². The predicted molar refractivity (Wildman–Crippen MR) is 131 cm³/mol. The average Bonchev–Trinajstić information content (AvgIpc) is 2.85. The second-order valence-corrected chi connectivity index (χ2v) is 8.67. The van der Waals surface area contributed by atoms with Crippen molar-refractivity contribution in [2.24, 2.45) is 7.05 Å². The van der Waals surface area contributed by atoms with Crippen LogP contribution >= 0.6 is 11.6 Å². The quantitative estimate of drug-likeness (QED) is 0.439. The number of nitrogens with zero attached hydrogens (tertiary/aromatic N) is 5. The number of anilines is 1. The molecule has 3 aromatic heterocycles. The molecule has 0 unspecified atom stereocenters. The van der Waals surface area contributed by atoms with Crippen molar-refractivity contribution >= 4 is 39.2 Å². The van der Waals surface area contributed by atoms with E-state index in [0.29, 0.717) is 52.0 Å². The Morgan fingerprint density at radius 3 is 2.65 bits per heavy atom. The number of fused-ring (bicyclic) bond motifs is 2. The van der Waals surface area contributed by atoms with Crippen LogP contribution in [0.5, 0.6) is 11.6 Å². The van der Waals surface area contributed by atoms with Gasteiger partial charge in [-0.1, -0.05) is 11.6 Å². The summed E-state index contributed by atoms with van der Waals surface area (Å²) in [4.78, 5) is 23.8. The van der Waals surface area contributed by atoms with Gasteiger partial charge in [0.25, 0.3) is 5.56 Å². The smallest absolute Gasteiger partial charge is 0.252 e. The number of piperidine rings is 1. The van der Waals surface area contributed by atoms with Gasteiger partial charge in [0.1, 0.15) is 29.1 Å². The molecule has 34 heavy (non-hydrogen) atoms. The number of aromatic nitrogens is 3. The van der Waals surface area contributed by atoms with E-state index >= 15 is 0 Å². The Morgan fingerprint density at radius 2 is 1.91 bits per heavy atom. The number of ether oxygens (including phenoxy) is 2. The third-order valence-corrected chi connectivity index (χ3v) is 6.42. The first kappa shape index (κ1) is 22.0. The van der Waals surface area contributed by atoms with Gasteiger partial charge in [-0.25, -0.2) is 9.97 Å². The maximum absolute atomic E-state index is 12.5. The first-order chi connectivity index (χ1) is 16.5. The van der Waals surface area contributed by atoms with Gasteiger partial charge in [0, 0.05) is 55.5 Å². The summed E-state index contributed by atoms with van der Waals surface area (Å²) >= 11 is 6.14. The van der Waals surface area contributed by atoms with Gasteiger partial charge in [0.2, 0.25) is 5.88 Å². The van der Waals surface area contributed by atoms with E-state index in [1.807, 2.05) is 6.07 Å². The lowest BCUT2D eigenvalue weighted by Crippen LogP contribution is -2.39. The molecule has 0 radical (unpaired) electrons. The number of hydrogen-bond donors (Lipinski definition) is 0. The third kappa shape index (κ3) is 3.99. The van der Waals surface area contributed by atoms with Crippen molar-refractivity contribution in [2.45, 2.75) is 18.9 Å². The Balaban J connectivity index is 1.38. The van der Waals surface area contributed by atoms with Crippen LogP contribution in [0.4, 0.5) is 5.69 Å². The zero-order valence-electron chi connectivity index (χ0n) is 18.8. The van der Waals surface area contributed by atoms with E-state index in [0.717, 1.165) is 23.9 Å². The Kier molecular flexibility index (Phi) is 5.72. The lowest BCUT2D eigenvalue weighted by Gasteiger charge is -2.34. The minimum absolute atomic E-state index is 0.0365. The molecule has 1 aliphatic heterocycles. The number of rotatable bonds is 4. The molecule has 1 fully saturated rings. The summed E-state index contributed by atoms with van der Waals surface area (Å²) in [6, 6.07) is 14.3. The Hall–Kier alpha value is -3.83. The summed E-state index contributed by atoms with van der Waals surface area (Å²) < 4.78 is 13.3. The molecule has 0 aliphatic carbocycles. The Morgan fingerprint density at radius 1 is 1.12 bits per heavy atom. The minimum atomic E-state index is -0.112. The van der Waals surface area contributed by atoms with Gasteiger partial charge in [0.15, 0.2) is 0 Å². The molecule has 8 nitrogen and oxygen atoms in total. The standard InChI is InChI=1S/C25H22ClN5O3/c1-30-20-6-4-16(14-27)28-25(20)21(12-24(30)32)31-9-7-17(8-10-31)34-23-13-22(33-2)18-5-3-15(26)11-19(18)29-23/h3-6,11-13,17H,7-10H2,1-2H3. The number of methoxy groups -OCH3 is 1. The highest BCUT2D eigenvalue weighted by molar-refractivity contribution is 6.31. The topological polar surface area (TPSA) is 93.3 Å². The van der Waals surface area contributed by atoms with E-state index in [9.17, 15) is 10.1 Å². The molecule has 172 valence electrons. The van der Waals surface area contributed by atoms with Crippen molar-refractivity contribution < 1.29 is 9.47 Å². The highest BCUT2D eigenvalue weighted by Crippen LogP contribution is 2.32. The largest absolute Gasteiger partial charge is 0.496 e. The zero-order valence-corrected chi connectivity index (χ0v) is 19.5. The molecule has 1 saturated heterocycles. The van der Waals surface area contributed by atoms with Gasteiger partial charge < -0.3 is 18.9 Å². The van der Waals surface area contributed by atoms with Crippen LogP contribution in [0.1, 0.15) is 18.5 Å². The van der Waals surface area contributed by atoms with E-state index < -0.39 is 0 Å². The molecule has 1 aromatic carbocycles. The van der Waals surface area contributed by atoms with Gasteiger partial charge in [-0.2, -0.15) is 5.26 Å². The van der Waals surface area contributed by atoms with Crippen LogP contribution < -0.4 is 19.9 Å². The van der Waals surface area contributed by atoms with Crippen molar-refractivity contribution in [3.05, 3.63) is 63.5 Å². The molecule has 0 amide bonds. The van der Waals surface area contributed by atoms with Crippen LogP contribution in [0.15, 0.2) is 47.3 Å². The van der Waals surface area contributed by atoms with Gasteiger partial charge >= 0.3 is 0 Å². The highest BCUT2D eigenvalue weighted by Gasteiger charge is 2.24. The van der Waals surface area contributed by atoms with Crippen molar-refractivity contribution in [3.8, 4) is 17.7 Å². The van der Waals surface area contributed by atoms with Crippen LogP contribution in [-0.4, -0.2) is 40.8 Å². The second-order valence-electron chi connectivity index (χ2n) is 8.23. The molecule has 4 aromatic rings. The van der Waals surface area contributed by atoms with Crippen LogP contribution in [-0.2, 0) is 7.05 Å². The molecule has 5 rings (SSSR count). The number of halogens is 1. The van der Waals surface area contributed by atoms with E-state index in [2.05, 4.69) is 20.9 Å². The summed E-state index contributed by atoms with van der Waals surface area (Å²) in [6.45, 7) is 1.36. The van der Waals surface area contributed by atoms with E-state index in [1.165, 1.54) is 0 Å². The maximum Gasteiger partial charge on any atom is 0.252 e. The van der Waals surface area contributed by atoms with E-state index in [4.69, 9.17) is 21.1 Å². The maximum atomic E-state index is 12.5. The molecule has 0 saturated carbocycles. The summed E-state index contributed by atoms with van der Waals surface area (Å²) in [7, 11) is 3.33. The lowest BCUT2D eigenvalue weighted by atomic mass is 10.1. The molecule has 0 spiro atoms. The van der Waals surface area contributed by atoms with Crippen molar-refractivity contribution in [1.82, 2.24) is 14.5 Å². The molecule has 0 bridgehead atoms. The monoisotopic (exact) mass is 475 g/mol. The fraction of sp³-hybridized carbons (Fsp3) is 0.280. The Bertz CT molecular complexity index is 1500. The molecule has 0 N–H and O–H groups in total. The summed E-state index contributed by atoms with van der Waals surface area (Å²) in [6.07, 6.45) is 1.45. The third-order valence-electron chi connectivity index (χ3n) is 6.18. The SMILES string of the molecule is COc1cc(OC2CCN(c3cc(=O)n(C)c4ccc(C#N)nc34)CC2)nc2cc(Cl)ccc12. The molecule has 0 atom stereocenters.